The first-order valence-corrected chi connectivity index (χ1v) is 9.51. The van der Waals surface area contributed by atoms with E-state index >= 15 is 0 Å². The van der Waals surface area contributed by atoms with E-state index in [9.17, 15) is 37.5 Å². The molecule has 0 amide bonds. The summed E-state index contributed by atoms with van der Waals surface area (Å²) in [5, 5.41) is 20.3. The average molecular weight is 431 g/mol. The topological polar surface area (TPSA) is 78.2 Å². The highest BCUT2D eigenvalue weighted by atomic mass is 19.2. The van der Waals surface area contributed by atoms with Crippen molar-refractivity contribution in [2.75, 3.05) is 0 Å². The van der Waals surface area contributed by atoms with Crippen LogP contribution in [0.15, 0.2) is 47.7 Å². The van der Waals surface area contributed by atoms with Gasteiger partial charge in [-0.2, -0.15) is 5.26 Å². The van der Waals surface area contributed by atoms with Gasteiger partial charge in [-0.25, -0.2) is 17.6 Å². The molecule has 0 bridgehead atoms. The first kappa shape index (κ1) is 22.2. The molecule has 0 aromatic heterocycles. The van der Waals surface area contributed by atoms with Crippen molar-refractivity contribution < 1.29 is 32.3 Å². The van der Waals surface area contributed by atoms with Crippen LogP contribution in [0.2, 0.25) is 0 Å². The standard InChI is InChI=1S/C23H17F4NO3/c24-15-8-7-12(9-18(15)27)14(11-28)13(22-16(25)3-1-4-17(22)26)10-21(31)23-19(29)5-2-6-20(23)30/h1,3-4,7-9,13-14,31H,2,5-6,10H2. The minimum absolute atomic E-state index is 0.0364. The van der Waals surface area contributed by atoms with E-state index in [4.69, 9.17) is 0 Å². The normalized spacial score (nSPS) is 16.0. The Morgan fingerprint density at radius 3 is 2.13 bits per heavy atom. The number of hydrogen-bond donors (Lipinski definition) is 1. The molecule has 3 rings (SSSR count). The molecule has 0 saturated heterocycles. The van der Waals surface area contributed by atoms with Crippen LogP contribution in [0.25, 0.3) is 0 Å². The Kier molecular flexibility index (Phi) is 6.54. The zero-order chi connectivity index (χ0) is 22.7. The van der Waals surface area contributed by atoms with Crippen molar-refractivity contribution in [2.24, 2.45) is 0 Å². The molecule has 4 nitrogen and oxygen atoms in total. The van der Waals surface area contributed by atoms with Crippen LogP contribution in [0.4, 0.5) is 17.6 Å². The molecule has 31 heavy (non-hydrogen) atoms. The third-order valence-corrected chi connectivity index (χ3v) is 5.28. The Labute approximate surface area is 175 Å². The van der Waals surface area contributed by atoms with Crippen LogP contribution in [0.5, 0.6) is 0 Å². The summed E-state index contributed by atoms with van der Waals surface area (Å²) in [5.41, 5.74) is -1.09. The maximum Gasteiger partial charge on any atom is 0.169 e. The Morgan fingerprint density at radius 1 is 0.968 bits per heavy atom. The molecule has 1 aliphatic carbocycles. The summed E-state index contributed by atoms with van der Waals surface area (Å²) in [6.07, 6.45) is -0.221. The number of allylic oxidation sites excluding steroid dienone is 2. The lowest BCUT2D eigenvalue weighted by Gasteiger charge is -2.25. The van der Waals surface area contributed by atoms with Crippen molar-refractivity contribution in [3.8, 4) is 6.07 Å². The van der Waals surface area contributed by atoms with Gasteiger partial charge in [0, 0.05) is 30.7 Å². The van der Waals surface area contributed by atoms with Gasteiger partial charge in [-0.3, -0.25) is 9.59 Å². The number of hydrogen-bond acceptors (Lipinski definition) is 4. The van der Waals surface area contributed by atoms with Crippen molar-refractivity contribution >= 4 is 11.6 Å². The number of Topliss-reactive ketones (excluding diaryl/α,β-unsaturated/α-hetero) is 2. The van der Waals surface area contributed by atoms with Crippen LogP contribution in [0.3, 0.4) is 0 Å². The van der Waals surface area contributed by atoms with E-state index in [-0.39, 0.29) is 18.4 Å². The highest BCUT2D eigenvalue weighted by Gasteiger charge is 2.34. The highest BCUT2D eigenvalue weighted by Crippen LogP contribution is 2.40. The quantitative estimate of drug-likeness (QED) is 0.307. The Morgan fingerprint density at radius 2 is 1.58 bits per heavy atom. The van der Waals surface area contributed by atoms with Gasteiger partial charge >= 0.3 is 0 Å². The third kappa shape index (κ3) is 4.50. The fraction of sp³-hybridized carbons (Fsp3) is 0.261. The summed E-state index contributed by atoms with van der Waals surface area (Å²) in [4.78, 5) is 24.3. The van der Waals surface area contributed by atoms with E-state index in [0.717, 1.165) is 36.4 Å². The number of halogens is 4. The molecule has 1 N–H and O–H groups in total. The minimum Gasteiger partial charge on any atom is -0.511 e. The van der Waals surface area contributed by atoms with Gasteiger partial charge in [-0.15, -0.1) is 0 Å². The third-order valence-electron chi connectivity index (χ3n) is 5.28. The predicted octanol–water partition coefficient (Wildman–Crippen LogP) is 5.16. The van der Waals surface area contributed by atoms with Gasteiger partial charge in [-0.1, -0.05) is 12.1 Å². The molecule has 1 saturated carbocycles. The SMILES string of the molecule is N#CC(c1ccc(F)c(F)c1)C(CC(O)=C1C(=O)CCCC1=O)c1c(F)cccc1F. The summed E-state index contributed by atoms with van der Waals surface area (Å²) in [7, 11) is 0. The molecule has 2 aromatic rings. The number of carbonyl (C=O) groups is 2. The van der Waals surface area contributed by atoms with Gasteiger partial charge in [0.1, 0.15) is 17.4 Å². The average Bonchev–Trinajstić information content (AvgIpc) is 2.70. The Balaban J connectivity index is 2.15. The predicted molar refractivity (Wildman–Crippen MR) is 102 cm³/mol. The molecule has 0 spiro atoms. The molecule has 0 radical (unpaired) electrons. The van der Waals surface area contributed by atoms with Gasteiger partial charge in [0.25, 0.3) is 0 Å². The summed E-state index contributed by atoms with van der Waals surface area (Å²) >= 11 is 0. The van der Waals surface area contributed by atoms with Crippen molar-refractivity contribution in [1.29, 1.82) is 5.26 Å². The highest BCUT2D eigenvalue weighted by molar-refractivity contribution is 6.22. The van der Waals surface area contributed by atoms with Crippen molar-refractivity contribution in [3.05, 3.63) is 82.1 Å². The van der Waals surface area contributed by atoms with Crippen LogP contribution in [-0.4, -0.2) is 16.7 Å². The lowest BCUT2D eigenvalue weighted by molar-refractivity contribution is -0.124. The lowest BCUT2D eigenvalue weighted by atomic mass is 9.78. The van der Waals surface area contributed by atoms with Gasteiger partial charge in [0.05, 0.1) is 17.6 Å². The molecule has 2 unspecified atom stereocenters. The van der Waals surface area contributed by atoms with E-state index in [1.165, 1.54) is 0 Å². The summed E-state index contributed by atoms with van der Waals surface area (Å²) in [5.74, 6) is -9.19. The van der Waals surface area contributed by atoms with Crippen molar-refractivity contribution in [2.45, 2.75) is 37.5 Å². The van der Waals surface area contributed by atoms with E-state index in [1.807, 2.05) is 6.07 Å². The molecule has 0 heterocycles. The monoisotopic (exact) mass is 431 g/mol. The van der Waals surface area contributed by atoms with Crippen LogP contribution in [0.1, 0.15) is 48.6 Å². The number of benzene rings is 2. The summed E-state index contributed by atoms with van der Waals surface area (Å²) in [6.45, 7) is 0. The van der Waals surface area contributed by atoms with E-state index < -0.39 is 70.0 Å². The zero-order valence-electron chi connectivity index (χ0n) is 16.2. The second kappa shape index (κ2) is 9.13. The molecule has 2 atom stereocenters. The van der Waals surface area contributed by atoms with Crippen LogP contribution < -0.4 is 0 Å². The Bertz CT molecular complexity index is 1080. The van der Waals surface area contributed by atoms with E-state index in [0.29, 0.717) is 6.42 Å². The van der Waals surface area contributed by atoms with Crippen LogP contribution in [0, 0.1) is 34.6 Å². The van der Waals surface area contributed by atoms with E-state index in [1.54, 1.807) is 0 Å². The molecule has 1 fully saturated rings. The number of aliphatic hydroxyl groups excluding tert-OH is 1. The maximum atomic E-state index is 14.6. The fourth-order valence-electron chi connectivity index (χ4n) is 3.80. The minimum atomic E-state index is -1.42. The molecular formula is C23H17F4NO3. The van der Waals surface area contributed by atoms with Crippen LogP contribution in [-0.2, 0) is 9.59 Å². The summed E-state index contributed by atoms with van der Waals surface area (Å²) < 4.78 is 56.3. The molecule has 8 heteroatoms. The smallest absolute Gasteiger partial charge is 0.169 e. The van der Waals surface area contributed by atoms with Gasteiger partial charge < -0.3 is 5.11 Å². The largest absolute Gasteiger partial charge is 0.511 e. The first-order chi connectivity index (χ1) is 14.7. The molecule has 1 aliphatic rings. The molecule has 160 valence electrons. The molecule has 2 aromatic carbocycles. The second-order valence-electron chi connectivity index (χ2n) is 7.25. The number of nitriles is 1. The zero-order valence-corrected chi connectivity index (χ0v) is 16.2. The summed E-state index contributed by atoms with van der Waals surface area (Å²) in [6, 6.07) is 7.43. The number of nitrogens with zero attached hydrogens (tertiary/aromatic N) is 1. The lowest BCUT2D eigenvalue weighted by Crippen LogP contribution is -2.22. The number of ketones is 2. The Hall–Kier alpha value is -3.47. The van der Waals surface area contributed by atoms with Crippen LogP contribution >= 0.6 is 0 Å². The second-order valence-corrected chi connectivity index (χ2v) is 7.25. The van der Waals surface area contributed by atoms with Gasteiger partial charge in [-0.05, 0) is 36.2 Å². The van der Waals surface area contributed by atoms with Crippen molar-refractivity contribution in [3.63, 3.8) is 0 Å². The van der Waals surface area contributed by atoms with Gasteiger partial charge in [0.15, 0.2) is 23.2 Å². The first-order valence-electron chi connectivity index (χ1n) is 9.51. The number of aliphatic hydroxyl groups is 1. The molecular weight excluding hydrogens is 414 g/mol. The number of carbonyl (C=O) groups excluding carboxylic acids is 2. The van der Waals surface area contributed by atoms with E-state index in [2.05, 4.69) is 0 Å². The maximum absolute atomic E-state index is 14.6. The number of rotatable bonds is 5. The van der Waals surface area contributed by atoms with Gasteiger partial charge in [0.2, 0.25) is 0 Å². The fourth-order valence-corrected chi connectivity index (χ4v) is 3.80. The molecule has 0 aliphatic heterocycles. The van der Waals surface area contributed by atoms with Crippen molar-refractivity contribution in [1.82, 2.24) is 0 Å².